The van der Waals surface area contributed by atoms with E-state index in [0.717, 1.165) is 25.7 Å². The molecule has 0 saturated carbocycles. The van der Waals surface area contributed by atoms with E-state index in [1.807, 2.05) is 0 Å². The van der Waals surface area contributed by atoms with Crippen molar-refractivity contribution < 1.29 is 9.59 Å². The molecule has 0 spiro atoms. The summed E-state index contributed by atoms with van der Waals surface area (Å²) >= 11 is 0. The van der Waals surface area contributed by atoms with Crippen LogP contribution in [0.4, 0.5) is 0 Å². The Bertz CT molecular complexity index is 712. The maximum absolute atomic E-state index is 11.9. The van der Waals surface area contributed by atoms with E-state index >= 15 is 0 Å². The molecule has 1 aromatic rings. The number of fused-ring (bicyclic) bond motifs is 1. The van der Waals surface area contributed by atoms with Gasteiger partial charge in [-0.15, -0.1) is 24.0 Å². The molecular weight excluding hydrogens is 469 g/mol. The van der Waals surface area contributed by atoms with Gasteiger partial charge in [-0.25, -0.2) is 4.99 Å². The van der Waals surface area contributed by atoms with Gasteiger partial charge < -0.3 is 20.9 Å². The number of nitrogens with one attached hydrogen (secondary N) is 3. The molecule has 28 heavy (non-hydrogen) atoms. The molecule has 1 fully saturated rings. The Morgan fingerprint density at radius 1 is 1.14 bits per heavy atom. The first-order valence-electron chi connectivity index (χ1n) is 9.62. The average Bonchev–Trinajstić information content (AvgIpc) is 2.67. The van der Waals surface area contributed by atoms with E-state index in [1.54, 1.807) is 19.0 Å². The third-order valence-corrected chi connectivity index (χ3v) is 5.17. The van der Waals surface area contributed by atoms with Crippen molar-refractivity contribution in [3.8, 4) is 0 Å². The fraction of sp³-hybridized carbons (Fsp3) is 0.550. The van der Waals surface area contributed by atoms with Gasteiger partial charge in [0.2, 0.25) is 11.8 Å². The van der Waals surface area contributed by atoms with Gasteiger partial charge in [0.25, 0.3) is 0 Å². The molecule has 8 heteroatoms. The number of carbonyl (C=O) groups excluding carboxylic acids is 2. The molecule has 1 aliphatic carbocycles. The van der Waals surface area contributed by atoms with E-state index in [4.69, 9.17) is 0 Å². The van der Waals surface area contributed by atoms with Crippen LogP contribution in [0.25, 0.3) is 0 Å². The van der Waals surface area contributed by atoms with E-state index in [2.05, 4.69) is 45.2 Å². The minimum Gasteiger partial charge on any atom is -0.354 e. The summed E-state index contributed by atoms with van der Waals surface area (Å²) in [6.07, 6.45) is 4.29. The van der Waals surface area contributed by atoms with Crippen LogP contribution in [-0.4, -0.2) is 61.9 Å². The van der Waals surface area contributed by atoms with Crippen molar-refractivity contribution >= 4 is 41.8 Å². The molecule has 2 atom stereocenters. The number of rotatable bonds is 4. The first-order chi connectivity index (χ1) is 13.0. The van der Waals surface area contributed by atoms with Crippen LogP contribution in [0.2, 0.25) is 0 Å². The molecule has 7 nitrogen and oxygen atoms in total. The number of amides is 2. The van der Waals surface area contributed by atoms with Crippen LogP contribution in [0.3, 0.4) is 0 Å². The van der Waals surface area contributed by atoms with Gasteiger partial charge in [0.05, 0.1) is 0 Å². The van der Waals surface area contributed by atoms with Crippen molar-refractivity contribution in [2.45, 2.75) is 44.2 Å². The Balaban J connectivity index is 0.00000280. The Morgan fingerprint density at radius 3 is 2.50 bits per heavy atom. The highest BCUT2D eigenvalue weighted by molar-refractivity contribution is 14.0. The second-order valence-electron chi connectivity index (χ2n) is 7.49. The van der Waals surface area contributed by atoms with Gasteiger partial charge in [-0.1, -0.05) is 24.3 Å². The predicted octanol–water partition coefficient (Wildman–Crippen LogP) is 1.06. The van der Waals surface area contributed by atoms with Gasteiger partial charge in [0.1, 0.15) is 6.54 Å². The lowest BCUT2D eigenvalue weighted by atomic mass is 9.88. The van der Waals surface area contributed by atoms with Gasteiger partial charge >= 0.3 is 0 Å². The maximum Gasteiger partial charge on any atom is 0.243 e. The summed E-state index contributed by atoms with van der Waals surface area (Å²) in [5, 5.41) is 9.78. The summed E-state index contributed by atoms with van der Waals surface area (Å²) in [6.45, 7) is 0.680. The maximum atomic E-state index is 11.9. The summed E-state index contributed by atoms with van der Waals surface area (Å²) < 4.78 is 0. The molecule has 0 radical (unpaired) electrons. The van der Waals surface area contributed by atoms with Crippen molar-refractivity contribution in [1.29, 1.82) is 0 Å². The van der Waals surface area contributed by atoms with E-state index in [-0.39, 0.29) is 54.4 Å². The number of carbonyl (C=O) groups is 2. The van der Waals surface area contributed by atoms with Crippen LogP contribution in [-0.2, 0) is 22.4 Å². The zero-order valence-electron chi connectivity index (χ0n) is 16.5. The minimum absolute atomic E-state index is 0. The lowest BCUT2D eigenvalue weighted by Gasteiger charge is -2.30. The molecule has 2 aliphatic rings. The standard InChI is InChI=1S/C20H29N5O2.HI/c1-25(2)19(27)13-22-20(24-17-9-10-18(26)21-12-17)23-16-8-7-14-5-3-4-6-15(14)11-16;/h3-6,16-17H,7-13H2,1-2H3,(H,21,26)(H2,22,23,24);1H. The number of hydrogen-bond acceptors (Lipinski definition) is 3. The number of aliphatic imine (C=N–C) groups is 1. The first-order valence-corrected chi connectivity index (χ1v) is 9.62. The van der Waals surface area contributed by atoms with E-state index < -0.39 is 0 Å². The molecule has 1 heterocycles. The number of aryl methyl sites for hydroxylation is 1. The quantitative estimate of drug-likeness (QED) is 0.329. The summed E-state index contributed by atoms with van der Waals surface area (Å²) in [6, 6.07) is 8.94. The topological polar surface area (TPSA) is 85.8 Å². The fourth-order valence-electron chi connectivity index (χ4n) is 3.48. The Labute approximate surface area is 183 Å². The molecule has 1 aliphatic heterocycles. The fourth-order valence-corrected chi connectivity index (χ4v) is 3.48. The van der Waals surface area contributed by atoms with Gasteiger partial charge in [-0.3, -0.25) is 9.59 Å². The van der Waals surface area contributed by atoms with Crippen molar-refractivity contribution in [3.63, 3.8) is 0 Å². The van der Waals surface area contributed by atoms with Crippen molar-refractivity contribution in [2.75, 3.05) is 27.2 Å². The molecule has 3 rings (SSSR count). The Hall–Kier alpha value is -1.84. The van der Waals surface area contributed by atoms with Crippen LogP contribution < -0.4 is 16.0 Å². The third-order valence-electron chi connectivity index (χ3n) is 5.17. The monoisotopic (exact) mass is 499 g/mol. The molecule has 1 aromatic carbocycles. The van der Waals surface area contributed by atoms with Gasteiger partial charge in [0, 0.05) is 39.1 Å². The van der Waals surface area contributed by atoms with Gasteiger partial charge in [-0.2, -0.15) is 0 Å². The van der Waals surface area contributed by atoms with Crippen LogP contribution in [0, 0.1) is 0 Å². The van der Waals surface area contributed by atoms with Crippen LogP contribution in [0.15, 0.2) is 29.3 Å². The number of likely N-dealkylation sites (N-methyl/N-ethyl adjacent to an activating group) is 1. The summed E-state index contributed by atoms with van der Waals surface area (Å²) in [5.74, 6) is 0.698. The van der Waals surface area contributed by atoms with Gasteiger partial charge in [-0.05, 0) is 36.8 Å². The zero-order chi connectivity index (χ0) is 19.2. The average molecular weight is 499 g/mol. The second-order valence-corrected chi connectivity index (χ2v) is 7.49. The lowest BCUT2D eigenvalue weighted by Crippen LogP contribution is -2.54. The van der Waals surface area contributed by atoms with Crippen molar-refractivity contribution in [1.82, 2.24) is 20.9 Å². The molecule has 2 unspecified atom stereocenters. The Kier molecular flexibility index (Phi) is 8.53. The summed E-state index contributed by atoms with van der Waals surface area (Å²) in [7, 11) is 3.46. The summed E-state index contributed by atoms with van der Waals surface area (Å²) in [5.41, 5.74) is 2.79. The third kappa shape index (κ3) is 6.35. The van der Waals surface area contributed by atoms with Crippen LogP contribution >= 0.6 is 24.0 Å². The molecule has 0 aromatic heterocycles. The highest BCUT2D eigenvalue weighted by atomic mass is 127. The molecular formula is C20H30IN5O2. The first kappa shape index (κ1) is 22.4. The minimum atomic E-state index is -0.0398. The number of nitrogens with zero attached hydrogens (tertiary/aromatic N) is 2. The highest BCUT2D eigenvalue weighted by Gasteiger charge is 2.22. The number of piperidine rings is 1. The normalized spacial score (nSPS) is 21.6. The smallest absolute Gasteiger partial charge is 0.243 e. The zero-order valence-corrected chi connectivity index (χ0v) is 18.9. The Morgan fingerprint density at radius 2 is 1.82 bits per heavy atom. The molecule has 0 bridgehead atoms. The van der Waals surface area contributed by atoms with E-state index in [1.165, 1.54) is 11.1 Å². The number of halogens is 1. The second kappa shape index (κ2) is 10.6. The predicted molar refractivity (Wildman–Crippen MR) is 121 cm³/mol. The number of hydrogen-bond donors (Lipinski definition) is 3. The SMILES string of the molecule is CN(C)C(=O)CN=C(NC1CCC(=O)NC1)NC1CCc2ccccc2C1.I. The van der Waals surface area contributed by atoms with E-state index in [9.17, 15) is 9.59 Å². The highest BCUT2D eigenvalue weighted by Crippen LogP contribution is 2.21. The molecule has 3 N–H and O–H groups in total. The van der Waals surface area contributed by atoms with Gasteiger partial charge in [0.15, 0.2) is 5.96 Å². The molecule has 154 valence electrons. The lowest BCUT2D eigenvalue weighted by molar-refractivity contribution is -0.127. The molecule has 1 saturated heterocycles. The number of guanidine groups is 1. The largest absolute Gasteiger partial charge is 0.354 e. The van der Waals surface area contributed by atoms with Crippen LogP contribution in [0.1, 0.15) is 30.4 Å². The summed E-state index contributed by atoms with van der Waals surface area (Å²) in [4.78, 5) is 29.4. The van der Waals surface area contributed by atoms with Crippen LogP contribution in [0.5, 0.6) is 0 Å². The number of benzene rings is 1. The van der Waals surface area contributed by atoms with Crippen molar-refractivity contribution in [2.24, 2.45) is 4.99 Å². The van der Waals surface area contributed by atoms with Crippen molar-refractivity contribution in [3.05, 3.63) is 35.4 Å². The van der Waals surface area contributed by atoms with E-state index in [0.29, 0.717) is 18.9 Å². The molecule has 2 amide bonds.